The quantitative estimate of drug-likeness (QED) is 0.446. The molecule has 0 unspecified atom stereocenters. The lowest BCUT2D eigenvalue weighted by atomic mass is 9.97. The van der Waals surface area contributed by atoms with Crippen molar-refractivity contribution in [2.45, 2.75) is 65.3 Å². The van der Waals surface area contributed by atoms with Gasteiger partial charge in [-0.15, -0.1) is 11.3 Å². The van der Waals surface area contributed by atoms with Crippen LogP contribution in [0.4, 0.5) is 0 Å². The van der Waals surface area contributed by atoms with Crippen LogP contribution in [0.5, 0.6) is 0 Å². The number of nitrogens with one attached hydrogen (secondary N) is 2. The van der Waals surface area contributed by atoms with E-state index in [2.05, 4.69) is 52.8 Å². The summed E-state index contributed by atoms with van der Waals surface area (Å²) < 4.78 is 0. The average molecular weight is 335 g/mol. The summed E-state index contributed by atoms with van der Waals surface area (Å²) in [6.45, 7) is 8.92. The summed E-state index contributed by atoms with van der Waals surface area (Å²) in [5.74, 6) is 1.38. The lowest BCUT2D eigenvalue weighted by Gasteiger charge is -2.15. The van der Waals surface area contributed by atoms with Gasteiger partial charge >= 0.3 is 0 Å². The van der Waals surface area contributed by atoms with Gasteiger partial charge in [-0.25, -0.2) is 9.98 Å². The van der Waals surface area contributed by atoms with Gasteiger partial charge in [0.25, 0.3) is 0 Å². The molecule has 1 heterocycles. The van der Waals surface area contributed by atoms with E-state index in [-0.39, 0.29) is 0 Å². The molecule has 128 valence electrons. The van der Waals surface area contributed by atoms with E-state index in [1.54, 1.807) is 16.9 Å². The Morgan fingerprint density at radius 2 is 2.22 bits per heavy atom. The lowest BCUT2D eigenvalue weighted by Crippen LogP contribution is -2.37. The van der Waals surface area contributed by atoms with Crippen LogP contribution in [0.15, 0.2) is 22.0 Å². The van der Waals surface area contributed by atoms with Crippen molar-refractivity contribution < 1.29 is 0 Å². The maximum atomic E-state index is 4.66. The molecular weight excluding hydrogens is 304 g/mol. The van der Waals surface area contributed by atoms with E-state index >= 15 is 0 Å². The molecule has 0 spiro atoms. The highest BCUT2D eigenvalue weighted by Crippen LogP contribution is 2.19. The molecule has 0 atom stereocenters. The predicted molar refractivity (Wildman–Crippen MR) is 100 cm³/mol. The minimum absolute atomic E-state index is 0.485. The fourth-order valence-corrected chi connectivity index (χ4v) is 3.50. The van der Waals surface area contributed by atoms with Gasteiger partial charge in [0, 0.05) is 18.5 Å². The number of aromatic nitrogens is 1. The Bertz CT molecular complexity index is 531. The number of aliphatic imine (C=N–C) groups is 1. The van der Waals surface area contributed by atoms with Gasteiger partial charge in [0.05, 0.1) is 12.2 Å². The Morgan fingerprint density at radius 1 is 1.35 bits per heavy atom. The van der Waals surface area contributed by atoms with Crippen LogP contribution in [-0.4, -0.2) is 24.0 Å². The number of rotatable bonds is 7. The summed E-state index contributed by atoms with van der Waals surface area (Å²) in [7, 11) is 0. The number of hydrogen-bond acceptors (Lipinski definition) is 3. The molecule has 1 aromatic rings. The Labute approximate surface area is 144 Å². The van der Waals surface area contributed by atoms with Gasteiger partial charge in [0.1, 0.15) is 5.01 Å². The summed E-state index contributed by atoms with van der Waals surface area (Å²) in [5, 5.41) is 9.99. The maximum Gasteiger partial charge on any atom is 0.191 e. The molecule has 0 saturated carbocycles. The van der Waals surface area contributed by atoms with E-state index in [0.717, 1.165) is 30.5 Å². The molecule has 0 fully saturated rings. The summed E-state index contributed by atoms with van der Waals surface area (Å²) in [5.41, 5.74) is 2.77. The van der Waals surface area contributed by atoms with Crippen molar-refractivity contribution in [3.8, 4) is 0 Å². The van der Waals surface area contributed by atoms with Gasteiger partial charge in [-0.05, 0) is 44.9 Å². The van der Waals surface area contributed by atoms with Gasteiger partial charge in [0.15, 0.2) is 5.96 Å². The monoisotopic (exact) mass is 334 g/mol. The maximum absolute atomic E-state index is 4.66. The van der Waals surface area contributed by atoms with Crippen molar-refractivity contribution in [2.75, 3.05) is 13.1 Å². The predicted octanol–water partition coefficient (Wildman–Crippen LogP) is 4.21. The van der Waals surface area contributed by atoms with Crippen LogP contribution in [-0.2, 0) is 6.54 Å². The first-order valence-electron chi connectivity index (χ1n) is 8.83. The minimum Gasteiger partial charge on any atom is -0.357 e. The summed E-state index contributed by atoms with van der Waals surface area (Å²) in [6, 6.07) is 0. The van der Waals surface area contributed by atoms with Crippen LogP contribution >= 0.6 is 11.3 Å². The van der Waals surface area contributed by atoms with Gasteiger partial charge in [-0.3, -0.25) is 0 Å². The van der Waals surface area contributed by atoms with E-state index < -0.39 is 0 Å². The zero-order chi connectivity index (χ0) is 16.5. The van der Waals surface area contributed by atoms with Crippen molar-refractivity contribution >= 4 is 17.3 Å². The number of thiazole rings is 1. The highest BCUT2D eigenvalue weighted by molar-refractivity contribution is 7.09. The summed E-state index contributed by atoms with van der Waals surface area (Å²) in [4.78, 5) is 9.30. The lowest BCUT2D eigenvalue weighted by molar-refractivity contribution is 0.665. The highest BCUT2D eigenvalue weighted by Gasteiger charge is 2.06. The van der Waals surface area contributed by atoms with Crippen molar-refractivity contribution in [3.05, 3.63) is 27.7 Å². The number of nitrogens with zero attached hydrogens (tertiary/aromatic N) is 2. The fraction of sp³-hybridized carbons (Fsp3) is 0.667. The third-order valence-electron chi connectivity index (χ3n) is 4.00. The zero-order valence-corrected chi connectivity index (χ0v) is 15.5. The molecular formula is C18H30N4S. The Morgan fingerprint density at radius 3 is 2.87 bits per heavy atom. The molecule has 0 aliphatic heterocycles. The zero-order valence-electron chi connectivity index (χ0n) is 14.7. The smallest absolute Gasteiger partial charge is 0.191 e. The third kappa shape index (κ3) is 6.34. The van der Waals surface area contributed by atoms with E-state index in [1.807, 2.05) is 0 Å². The van der Waals surface area contributed by atoms with E-state index in [0.29, 0.717) is 12.5 Å². The van der Waals surface area contributed by atoms with Crippen LogP contribution < -0.4 is 10.6 Å². The first kappa shape index (κ1) is 18.0. The SMILES string of the molecule is CCNC(=NCc1nc(C(C)C)cs1)NCCC1=CCCCC1. The molecule has 0 aromatic carbocycles. The number of guanidine groups is 1. The largest absolute Gasteiger partial charge is 0.357 e. The van der Waals surface area contributed by atoms with Gasteiger partial charge in [-0.2, -0.15) is 0 Å². The van der Waals surface area contributed by atoms with Crippen molar-refractivity contribution in [2.24, 2.45) is 4.99 Å². The van der Waals surface area contributed by atoms with Crippen LogP contribution in [0, 0.1) is 0 Å². The van der Waals surface area contributed by atoms with Crippen molar-refractivity contribution in [3.63, 3.8) is 0 Å². The molecule has 1 aliphatic carbocycles. The van der Waals surface area contributed by atoms with Gasteiger partial charge in [-0.1, -0.05) is 25.5 Å². The normalized spacial score (nSPS) is 15.7. The Balaban J connectivity index is 1.82. The second-order valence-corrected chi connectivity index (χ2v) is 7.24. The average Bonchev–Trinajstić information content (AvgIpc) is 3.03. The van der Waals surface area contributed by atoms with Crippen molar-refractivity contribution in [1.82, 2.24) is 15.6 Å². The first-order chi connectivity index (χ1) is 11.2. The van der Waals surface area contributed by atoms with Crippen molar-refractivity contribution in [1.29, 1.82) is 0 Å². The van der Waals surface area contributed by atoms with Crippen LogP contribution in [0.25, 0.3) is 0 Å². The summed E-state index contributed by atoms with van der Waals surface area (Å²) in [6.07, 6.45) is 8.77. The molecule has 23 heavy (non-hydrogen) atoms. The molecule has 0 amide bonds. The molecule has 5 heteroatoms. The third-order valence-corrected chi connectivity index (χ3v) is 4.85. The second-order valence-electron chi connectivity index (χ2n) is 6.30. The molecule has 0 bridgehead atoms. The van der Waals surface area contributed by atoms with Gasteiger partial charge < -0.3 is 10.6 Å². The highest BCUT2D eigenvalue weighted by atomic mass is 32.1. The molecule has 2 rings (SSSR count). The van der Waals surface area contributed by atoms with E-state index in [9.17, 15) is 0 Å². The van der Waals surface area contributed by atoms with Crippen LogP contribution in [0.1, 0.15) is 69.5 Å². The second kappa shape index (κ2) is 9.71. The number of allylic oxidation sites excluding steroid dienone is 1. The van der Waals surface area contributed by atoms with Crippen LogP contribution in [0.3, 0.4) is 0 Å². The molecule has 0 radical (unpaired) electrons. The van der Waals surface area contributed by atoms with Gasteiger partial charge in [0.2, 0.25) is 0 Å². The Kier molecular flexibility index (Phi) is 7.59. The number of hydrogen-bond donors (Lipinski definition) is 2. The summed E-state index contributed by atoms with van der Waals surface area (Å²) >= 11 is 1.70. The van der Waals surface area contributed by atoms with E-state index in [1.165, 1.54) is 31.4 Å². The molecule has 2 N–H and O–H groups in total. The molecule has 4 nitrogen and oxygen atoms in total. The van der Waals surface area contributed by atoms with Crippen LogP contribution in [0.2, 0.25) is 0 Å². The topological polar surface area (TPSA) is 49.3 Å². The molecule has 0 saturated heterocycles. The fourth-order valence-electron chi connectivity index (χ4n) is 2.62. The standard InChI is InChI=1S/C18H30N4S/c1-4-19-18(20-11-10-15-8-6-5-7-9-15)21-12-17-22-16(13-23-17)14(2)3/h8,13-14H,4-7,9-12H2,1-3H3,(H2,19,20,21). The Hall–Kier alpha value is -1.36. The minimum atomic E-state index is 0.485. The molecule has 1 aromatic heterocycles. The molecule has 1 aliphatic rings. The van der Waals surface area contributed by atoms with E-state index in [4.69, 9.17) is 0 Å². The first-order valence-corrected chi connectivity index (χ1v) is 9.71.